The topological polar surface area (TPSA) is 111 Å². The summed E-state index contributed by atoms with van der Waals surface area (Å²) in [5, 5.41) is 12.2. The van der Waals surface area contributed by atoms with Gasteiger partial charge in [0.05, 0.1) is 18.8 Å². The molecule has 2 N–H and O–H groups in total. The molecule has 3 aromatic rings. The molecule has 0 aliphatic rings. The number of fused-ring (bicyclic) bond motifs is 1. The largest absolute Gasteiger partial charge is 0.497 e. The molecule has 0 aliphatic carbocycles. The molecular weight excluding hydrogens is 370 g/mol. The van der Waals surface area contributed by atoms with Crippen LogP contribution in [0.25, 0.3) is 10.2 Å². The van der Waals surface area contributed by atoms with Crippen molar-refractivity contribution < 1.29 is 19.4 Å². The second kappa shape index (κ2) is 7.20. The number of nitrogens with zero attached hydrogens (tertiary/aromatic N) is 2. The number of aryl methyl sites for hydroxylation is 1. The number of benzene rings is 1. The van der Waals surface area contributed by atoms with Crippen LogP contribution in [0, 0.1) is 6.92 Å². The van der Waals surface area contributed by atoms with Crippen molar-refractivity contribution in [3.8, 4) is 5.75 Å². The monoisotopic (exact) mass is 387 g/mol. The lowest BCUT2D eigenvalue weighted by atomic mass is 10.2. The molecule has 0 radical (unpaired) electrons. The minimum Gasteiger partial charge on any atom is -0.497 e. The smallest absolute Gasteiger partial charge is 0.346 e. The van der Waals surface area contributed by atoms with E-state index in [0.29, 0.717) is 21.8 Å². The summed E-state index contributed by atoms with van der Waals surface area (Å²) >= 11 is 0.945. The summed E-state index contributed by atoms with van der Waals surface area (Å²) in [6, 6.07) is 5.97. The van der Waals surface area contributed by atoms with Crippen molar-refractivity contribution in [1.29, 1.82) is 0 Å². The van der Waals surface area contributed by atoms with E-state index in [1.54, 1.807) is 45.2 Å². The normalized spacial score (nSPS) is 12.0. The molecule has 1 atom stereocenters. The first kappa shape index (κ1) is 18.6. The Labute approximate surface area is 158 Å². The summed E-state index contributed by atoms with van der Waals surface area (Å²) in [6.07, 6.45) is 1.27. The van der Waals surface area contributed by atoms with Gasteiger partial charge in [-0.15, -0.1) is 11.3 Å². The molecule has 1 unspecified atom stereocenters. The molecule has 0 bridgehead atoms. The zero-order valence-electron chi connectivity index (χ0n) is 14.8. The summed E-state index contributed by atoms with van der Waals surface area (Å²) in [5.41, 5.74) is 0.477. The standard InChI is InChI=1S/C18H17N3O5S/c1-9-13-16(27-14(9)18(24)25)19-8-21(17(13)23)10(2)15(22)20-11-4-6-12(26-3)7-5-11/h4-8,10H,1-3H3,(H,20,22)(H,24,25). The molecule has 0 spiro atoms. The first-order valence-corrected chi connectivity index (χ1v) is 8.83. The maximum absolute atomic E-state index is 12.8. The van der Waals surface area contributed by atoms with Crippen LogP contribution in [0.4, 0.5) is 5.69 Å². The minimum atomic E-state index is -1.10. The van der Waals surface area contributed by atoms with Gasteiger partial charge in [0, 0.05) is 5.69 Å². The first-order valence-electron chi connectivity index (χ1n) is 8.02. The molecule has 2 heterocycles. The van der Waals surface area contributed by atoms with Crippen molar-refractivity contribution in [3.05, 3.63) is 51.4 Å². The molecule has 0 saturated heterocycles. The lowest BCUT2D eigenvalue weighted by Gasteiger charge is -2.15. The zero-order chi connectivity index (χ0) is 19.7. The highest BCUT2D eigenvalue weighted by molar-refractivity contribution is 7.20. The van der Waals surface area contributed by atoms with Gasteiger partial charge >= 0.3 is 5.97 Å². The summed E-state index contributed by atoms with van der Waals surface area (Å²) in [4.78, 5) is 41.2. The van der Waals surface area contributed by atoms with Crippen LogP contribution in [0.2, 0.25) is 0 Å². The van der Waals surface area contributed by atoms with Gasteiger partial charge in [0.2, 0.25) is 5.91 Å². The molecule has 9 heteroatoms. The van der Waals surface area contributed by atoms with E-state index in [1.165, 1.54) is 10.9 Å². The van der Waals surface area contributed by atoms with Gasteiger partial charge in [-0.3, -0.25) is 14.2 Å². The number of ether oxygens (including phenoxy) is 1. The highest BCUT2D eigenvalue weighted by atomic mass is 32.1. The predicted octanol–water partition coefficient (Wildman–Crippen LogP) is 2.67. The number of rotatable bonds is 5. The van der Waals surface area contributed by atoms with Crippen LogP contribution in [0.1, 0.15) is 28.2 Å². The summed E-state index contributed by atoms with van der Waals surface area (Å²) in [5.74, 6) is -0.837. The number of carbonyl (C=O) groups excluding carboxylic acids is 1. The molecular formula is C18H17N3O5S. The van der Waals surface area contributed by atoms with E-state index in [4.69, 9.17) is 4.74 Å². The maximum atomic E-state index is 12.8. The van der Waals surface area contributed by atoms with E-state index < -0.39 is 23.5 Å². The molecule has 0 saturated carbocycles. The number of aromatic carboxylic acids is 1. The number of hydrogen-bond acceptors (Lipinski definition) is 6. The summed E-state index contributed by atoms with van der Waals surface area (Å²) in [7, 11) is 1.55. The molecule has 2 aromatic heterocycles. The SMILES string of the molecule is COc1ccc(NC(=O)C(C)n2cnc3sc(C(=O)O)c(C)c3c2=O)cc1. The number of amides is 1. The number of thiophene rings is 1. The predicted molar refractivity (Wildman–Crippen MR) is 102 cm³/mol. The highest BCUT2D eigenvalue weighted by Crippen LogP contribution is 2.27. The van der Waals surface area contributed by atoms with E-state index in [-0.39, 0.29) is 10.3 Å². The lowest BCUT2D eigenvalue weighted by molar-refractivity contribution is -0.118. The first-order chi connectivity index (χ1) is 12.8. The average molecular weight is 387 g/mol. The number of carboxylic acids is 1. The average Bonchev–Trinajstić information content (AvgIpc) is 3.00. The molecule has 140 valence electrons. The maximum Gasteiger partial charge on any atom is 0.346 e. The van der Waals surface area contributed by atoms with E-state index >= 15 is 0 Å². The number of carboxylic acid groups (broad SMARTS) is 1. The van der Waals surface area contributed by atoms with Gasteiger partial charge in [-0.1, -0.05) is 0 Å². The van der Waals surface area contributed by atoms with Crippen molar-refractivity contribution in [2.75, 3.05) is 12.4 Å². The van der Waals surface area contributed by atoms with Crippen molar-refractivity contribution in [2.45, 2.75) is 19.9 Å². The number of aromatic nitrogens is 2. The lowest BCUT2D eigenvalue weighted by Crippen LogP contribution is -2.31. The van der Waals surface area contributed by atoms with Gasteiger partial charge in [0.25, 0.3) is 5.56 Å². The molecule has 27 heavy (non-hydrogen) atoms. The van der Waals surface area contributed by atoms with Gasteiger partial charge in [-0.2, -0.15) is 0 Å². The minimum absolute atomic E-state index is 0.0719. The van der Waals surface area contributed by atoms with E-state index in [2.05, 4.69) is 10.3 Å². The number of anilines is 1. The fourth-order valence-electron chi connectivity index (χ4n) is 2.66. The molecule has 1 aromatic carbocycles. The van der Waals surface area contributed by atoms with Gasteiger partial charge in [0.1, 0.15) is 21.5 Å². The second-order valence-electron chi connectivity index (χ2n) is 5.89. The third-order valence-corrected chi connectivity index (χ3v) is 5.41. The Morgan fingerprint density at radius 2 is 1.96 bits per heavy atom. The van der Waals surface area contributed by atoms with Gasteiger partial charge in [-0.25, -0.2) is 9.78 Å². The van der Waals surface area contributed by atoms with E-state index in [0.717, 1.165) is 11.3 Å². The number of carbonyl (C=O) groups is 2. The Morgan fingerprint density at radius 3 is 2.56 bits per heavy atom. The molecule has 3 rings (SSSR count). The van der Waals surface area contributed by atoms with Gasteiger partial charge < -0.3 is 15.2 Å². The second-order valence-corrected chi connectivity index (χ2v) is 6.89. The zero-order valence-corrected chi connectivity index (χ0v) is 15.7. The van der Waals surface area contributed by atoms with Gasteiger partial charge in [0.15, 0.2) is 0 Å². The molecule has 0 aliphatic heterocycles. The summed E-state index contributed by atoms with van der Waals surface area (Å²) < 4.78 is 6.27. The van der Waals surface area contributed by atoms with Crippen molar-refractivity contribution >= 4 is 39.1 Å². The quantitative estimate of drug-likeness (QED) is 0.696. The fraction of sp³-hybridized carbons (Fsp3) is 0.222. The Bertz CT molecular complexity index is 1080. The van der Waals surface area contributed by atoms with Crippen molar-refractivity contribution in [2.24, 2.45) is 0 Å². The number of methoxy groups -OCH3 is 1. The van der Waals surface area contributed by atoms with Gasteiger partial charge in [-0.05, 0) is 43.7 Å². The van der Waals surface area contributed by atoms with E-state index in [9.17, 15) is 19.5 Å². The number of hydrogen-bond donors (Lipinski definition) is 2. The summed E-state index contributed by atoms with van der Waals surface area (Å²) in [6.45, 7) is 3.14. The van der Waals surface area contributed by atoms with Crippen LogP contribution >= 0.6 is 11.3 Å². The van der Waals surface area contributed by atoms with Crippen LogP contribution in [-0.2, 0) is 4.79 Å². The Hall–Kier alpha value is -3.20. The molecule has 1 amide bonds. The van der Waals surface area contributed by atoms with Crippen LogP contribution in [0.15, 0.2) is 35.4 Å². The molecule has 0 fully saturated rings. The molecule has 8 nitrogen and oxygen atoms in total. The van der Waals surface area contributed by atoms with E-state index in [1.807, 2.05) is 0 Å². The van der Waals surface area contributed by atoms with Crippen LogP contribution in [0.3, 0.4) is 0 Å². The highest BCUT2D eigenvalue weighted by Gasteiger charge is 2.22. The van der Waals surface area contributed by atoms with Crippen LogP contribution in [-0.4, -0.2) is 33.6 Å². The van der Waals surface area contributed by atoms with Crippen molar-refractivity contribution in [1.82, 2.24) is 9.55 Å². The Kier molecular flexibility index (Phi) is 4.95. The third-order valence-electron chi connectivity index (χ3n) is 4.22. The van der Waals surface area contributed by atoms with Crippen LogP contribution < -0.4 is 15.6 Å². The fourth-order valence-corrected chi connectivity index (χ4v) is 3.64. The number of nitrogens with one attached hydrogen (secondary N) is 1. The Morgan fingerprint density at radius 1 is 1.30 bits per heavy atom. The van der Waals surface area contributed by atoms with Crippen molar-refractivity contribution in [3.63, 3.8) is 0 Å². The Balaban J connectivity index is 1.92. The third kappa shape index (κ3) is 3.41. The van der Waals surface area contributed by atoms with Crippen LogP contribution in [0.5, 0.6) is 5.75 Å².